The van der Waals surface area contributed by atoms with E-state index in [1.54, 1.807) is 0 Å². The normalized spacial score (nSPS) is 15.0. The van der Waals surface area contributed by atoms with Crippen molar-refractivity contribution in [1.29, 1.82) is 0 Å². The molecule has 1 N–H and O–H groups in total. The van der Waals surface area contributed by atoms with E-state index in [0.717, 1.165) is 0 Å². The lowest BCUT2D eigenvalue weighted by molar-refractivity contribution is -0.170. The Hall–Kier alpha value is -2.05. The van der Waals surface area contributed by atoms with E-state index in [4.69, 9.17) is 5.11 Å². The minimum atomic E-state index is -4.96. The number of amides is 1. The van der Waals surface area contributed by atoms with Crippen LogP contribution in [0.2, 0.25) is 0 Å². The van der Waals surface area contributed by atoms with Crippen LogP contribution in [0.1, 0.15) is 22.3 Å². The van der Waals surface area contributed by atoms with E-state index in [1.807, 2.05) is 0 Å². The van der Waals surface area contributed by atoms with Crippen LogP contribution in [0.4, 0.5) is 18.9 Å². The number of anilines is 1. The fraction of sp³-hybridized carbons (Fsp3) is 0.333. The van der Waals surface area contributed by atoms with Gasteiger partial charge in [-0.3, -0.25) is 4.79 Å². The lowest BCUT2D eigenvalue weighted by Gasteiger charge is -2.30. The summed E-state index contributed by atoms with van der Waals surface area (Å²) in [5, 5.41) is 9.00. The minimum Gasteiger partial charge on any atom is -0.478 e. The molecule has 2 rings (SSSR count). The SMILES string of the molecule is O=C(O)c1cccc2c1CCCN2C(=O)C(F)(F)F. The number of carboxylic acids is 1. The molecule has 0 saturated carbocycles. The van der Waals surface area contributed by atoms with Crippen LogP contribution in [-0.2, 0) is 11.2 Å². The third kappa shape index (κ3) is 2.40. The maximum atomic E-state index is 12.5. The molecule has 1 heterocycles. The molecule has 0 radical (unpaired) electrons. The molecular formula is C12H10F3NO3. The topological polar surface area (TPSA) is 57.6 Å². The van der Waals surface area contributed by atoms with Crippen LogP contribution in [0.3, 0.4) is 0 Å². The molecule has 0 aromatic heterocycles. The van der Waals surface area contributed by atoms with E-state index < -0.39 is 18.1 Å². The van der Waals surface area contributed by atoms with Gasteiger partial charge < -0.3 is 10.0 Å². The smallest absolute Gasteiger partial charge is 0.471 e. The predicted molar refractivity (Wildman–Crippen MR) is 60.1 cm³/mol. The summed E-state index contributed by atoms with van der Waals surface area (Å²) in [4.78, 5) is 22.9. The van der Waals surface area contributed by atoms with Gasteiger partial charge in [0.15, 0.2) is 0 Å². The molecule has 0 bridgehead atoms. The van der Waals surface area contributed by atoms with Crippen molar-refractivity contribution >= 4 is 17.6 Å². The summed E-state index contributed by atoms with van der Waals surface area (Å²) in [5.74, 6) is -3.17. The second kappa shape index (κ2) is 4.56. The van der Waals surface area contributed by atoms with E-state index in [2.05, 4.69) is 0 Å². The molecule has 1 aromatic carbocycles. The molecule has 0 atom stereocenters. The summed E-state index contributed by atoms with van der Waals surface area (Å²) in [6.45, 7) is -0.0611. The number of aromatic carboxylic acids is 1. The van der Waals surface area contributed by atoms with Gasteiger partial charge in [-0.2, -0.15) is 13.2 Å². The van der Waals surface area contributed by atoms with E-state index in [0.29, 0.717) is 17.7 Å². The first-order valence-corrected chi connectivity index (χ1v) is 5.56. The van der Waals surface area contributed by atoms with Crippen LogP contribution < -0.4 is 4.90 Å². The van der Waals surface area contributed by atoms with Gasteiger partial charge in [0, 0.05) is 12.2 Å². The van der Waals surface area contributed by atoms with Gasteiger partial charge in [0.2, 0.25) is 0 Å². The van der Waals surface area contributed by atoms with Crippen molar-refractivity contribution in [3.05, 3.63) is 29.3 Å². The van der Waals surface area contributed by atoms with Crippen LogP contribution in [0.5, 0.6) is 0 Å². The highest BCUT2D eigenvalue weighted by Crippen LogP contribution is 2.32. The first-order valence-electron chi connectivity index (χ1n) is 5.56. The molecule has 1 aromatic rings. The molecule has 1 aliphatic heterocycles. The van der Waals surface area contributed by atoms with Gasteiger partial charge in [-0.25, -0.2) is 4.79 Å². The summed E-state index contributed by atoms with van der Waals surface area (Å²) in [6, 6.07) is 4.00. The molecule has 0 spiro atoms. The largest absolute Gasteiger partial charge is 0.478 e. The average molecular weight is 273 g/mol. The molecule has 102 valence electrons. The Kier molecular flexibility index (Phi) is 3.21. The van der Waals surface area contributed by atoms with Crippen molar-refractivity contribution in [3.8, 4) is 0 Å². The number of halogens is 3. The van der Waals surface area contributed by atoms with Gasteiger partial charge in [0.1, 0.15) is 0 Å². The maximum absolute atomic E-state index is 12.5. The Morgan fingerprint density at radius 1 is 1.26 bits per heavy atom. The quantitative estimate of drug-likeness (QED) is 0.853. The number of alkyl halides is 3. The molecule has 0 fully saturated rings. The molecule has 0 aliphatic carbocycles. The number of fused-ring (bicyclic) bond motifs is 1. The second-order valence-corrected chi connectivity index (χ2v) is 4.17. The van der Waals surface area contributed by atoms with Crippen molar-refractivity contribution in [1.82, 2.24) is 0 Å². The van der Waals surface area contributed by atoms with E-state index in [1.165, 1.54) is 18.2 Å². The van der Waals surface area contributed by atoms with E-state index >= 15 is 0 Å². The number of carbonyl (C=O) groups excluding carboxylic acids is 1. The van der Waals surface area contributed by atoms with Crippen molar-refractivity contribution in [3.63, 3.8) is 0 Å². The lowest BCUT2D eigenvalue weighted by atomic mass is 9.96. The van der Waals surface area contributed by atoms with Crippen molar-refractivity contribution in [2.75, 3.05) is 11.4 Å². The number of nitrogens with zero attached hydrogens (tertiary/aromatic N) is 1. The summed E-state index contributed by atoms with van der Waals surface area (Å²) in [6.07, 6.45) is -4.31. The van der Waals surface area contributed by atoms with Gasteiger partial charge >= 0.3 is 18.1 Å². The highest BCUT2D eigenvalue weighted by Gasteiger charge is 2.44. The van der Waals surface area contributed by atoms with Gasteiger partial charge in [-0.05, 0) is 30.5 Å². The molecule has 4 nitrogen and oxygen atoms in total. The minimum absolute atomic E-state index is 0.0356. The van der Waals surface area contributed by atoms with Crippen molar-refractivity contribution in [2.24, 2.45) is 0 Å². The molecular weight excluding hydrogens is 263 g/mol. The average Bonchev–Trinajstić information content (AvgIpc) is 2.35. The van der Waals surface area contributed by atoms with Gasteiger partial charge in [0.05, 0.1) is 5.56 Å². The fourth-order valence-electron chi connectivity index (χ4n) is 2.19. The van der Waals surface area contributed by atoms with Crippen LogP contribution in [-0.4, -0.2) is 29.7 Å². The number of rotatable bonds is 1. The summed E-state index contributed by atoms with van der Waals surface area (Å²) in [7, 11) is 0. The standard InChI is InChI=1S/C12H10F3NO3/c13-12(14,15)11(19)16-6-2-4-7-8(10(17)18)3-1-5-9(7)16/h1,3,5H,2,4,6H2,(H,17,18). The Morgan fingerprint density at radius 3 is 2.53 bits per heavy atom. The summed E-state index contributed by atoms with van der Waals surface area (Å²) >= 11 is 0. The van der Waals surface area contributed by atoms with Crippen LogP contribution in [0.15, 0.2) is 18.2 Å². The third-order valence-electron chi connectivity index (χ3n) is 2.97. The molecule has 0 unspecified atom stereocenters. The Labute approximate surface area is 106 Å². The van der Waals surface area contributed by atoms with Gasteiger partial charge in [-0.15, -0.1) is 0 Å². The zero-order chi connectivity index (χ0) is 14.2. The second-order valence-electron chi connectivity index (χ2n) is 4.17. The van der Waals surface area contributed by atoms with Crippen molar-refractivity contribution < 1.29 is 27.9 Å². The molecule has 7 heteroatoms. The van der Waals surface area contributed by atoms with E-state index in [-0.39, 0.29) is 23.4 Å². The molecule has 19 heavy (non-hydrogen) atoms. The summed E-state index contributed by atoms with van der Waals surface area (Å²) < 4.78 is 37.4. The van der Waals surface area contributed by atoms with Crippen LogP contribution in [0.25, 0.3) is 0 Å². The van der Waals surface area contributed by atoms with E-state index in [9.17, 15) is 22.8 Å². The van der Waals surface area contributed by atoms with Gasteiger partial charge in [0.25, 0.3) is 0 Å². The zero-order valence-electron chi connectivity index (χ0n) is 9.70. The first-order chi connectivity index (χ1) is 8.82. The molecule has 1 aliphatic rings. The highest BCUT2D eigenvalue weighted by molar-refractivity contribution is 6.00. The predicted octanol–water partition coefficient (Wildman–Crippen LogP) is 2.23. The number of carbonyl (C=O) groups is 2. The number of hydrogen-bond acceptors (Lipinski definition) is 2. The fourth-order valence-corrected chi connectivity index (χ4v) is 2.19. The Bertz CT molecular complexity index is 540. The molecule has 0 saturated heterocycles. The number of hydrogen-bond donors (Lipinski definition) is 1. The zero-order valence-corrected chi connectivity index (χ0v) is 9.70. The lowest BCUT2D eigenvalue weighted by Crippen LogP contribution is -2.44. The summed E-state index contributed by atoms with van der Waals surface area (Å²) in [5.41, 5.74) is 0.254. The van der Waals surface area contributed by atoms with Crippen molar-refractivity contribution in [2.45, 2.75) is 19.0 Å². The van der Waals surface area contributed by atoms with Crippen LogP contribution in [0, 0.1) is 0 Å². The van der Waals surface area contributed by atoms with Crippen LogP contribution >= 0.6 is 0 Å². The molecule has 1 amide bonds. The Balaban J connectivity index is 2.49. The monoisotopic (exact) mass is 273 g/mol. The maximum Gasteiger partial charge on any atom is 0.471 e. The Morgan fingerprint density at radius 2 is 1.95 bits per heavy atom. The van der Waals surface area contributed by atoms with Gasteiger partial charge in [-0.1, -0.05) is 6.07 Å². The number of benzene rings is 1. The number of carboxylic acid groups (broad SMARTS) is 1. The first kappa shape index (κ1) is 13.4. The highest BCUT2D eigenvalue weighted by atomic mass is 19.4. The third-order valence-corrected chi connectivity index (χ3v) is 2.97.